The number of alkyl halides is 3. The summed E-state index contributed by atoms with van der Waals surface area (Å²) >= 11 is 0. The molecule has 5 nitrogen and oxygen atoms in total. The lowest BCUT2D eigenvalue weighted by Crippen LogP contribution is -2.05. The molecular formula is C14H9F3N2O3S. The van der Waals surface area contributed by atoms with E-state index in [2.05, 4.69) is 10.2 Å². The molecular weight excluding hydrogens is 333 g/mol. The van der Waals surface area contributed by atoms with Crippen LogP contribution in [0.1, 0.15) is 11.1 Å². The highest BCUT2D eigenvalue weighted by Gasteiger charge is 2.32. The van der Waals surface area contributed by atoms with Crippen LogP contribution < -0.4 is 0 Å². The maximum Gasteiger partial charge on any atom is 0.416 e. The highest BCUT2D eigenvalue weighted by Crippen LogP contribution is 2.36. The Morgan fingerprint density at radius 1 is 1.17 bits per heavy atom. The summed E-state index contributed by atoms with van der Waals surface area (Å²) in [7, 11) is -4.10. The first-order chi connectivity index (χ1) is 10.7. The van der Waals surface area contributed by atoms with E-state index >= 15 is 0 Å². The first-order valence-electron chi connectivity index (χ1n) is 6.34. The van der Waals surface area contributed by atoms with Gasteiger partial charge in [-0.3, -0.25) is 0 Å². The number of furan rings is 1. The smallest absolute Gasteiger partial charge is 0.416 e. The van der Waals surface area contributed by atoms with Crippen LogP contribution in [-0.2, 0) is 16.0 Å². The van der Waals surface area contributed by atoms with E-state index in [4.69, 9.17) is 4.42 Å². The van der Waals surface area contributed by atoms with Gasteiger partial charge in [0.15, 0.2) is 5.03 Å². The fraction of sp³-hybridized carbons (Fsp3) is 0.143. The Morgan fingerprint density at radius 2 is 1.91 bits per heavy atom. The van der Waals surface area contributed by atoms with Crippen LogP contribution in [0.4, 0.5) is 13.2 Å². The number of rotatable bonds is 2. The van der Waals surface area contributed by atoms with Crippen LogP contribution >= 0.6 is 0 Å². The molecule has 0 atom stereocenters. The predicted molar refractivity (Wildman–Crippen MR) is 73.4 cm³/mol. The predicted octanol–water partition coefficient (Wildman–Crippen LogP) is 3.38. The standard InChI is InChI=1S/C14H9F3N2O3S/c1-8-10-7-9(14(15,16)17)4-5-11(10)22-13(8)23(20,21)12-3-2-6-18-19-12/h2-7H,1H3. The van der Waals surface area contributed by atoms with Crippen LogP contribution in [0, 0.1) is 6.92 Å². The molecule has 2 heterocycles. The van der Waals surface area contributed by atoms with E-state index < -0.39 is 26.7 Å². The molecule has 0 aliphatic rings. The van der Waals surface area contributed by atoms with E-state index in [0.717, 1.165) is 18.2 Å². The number of hydrogen-bond donors (Lipinski definition) is 0. The van der Waals surface area contributed by atoms with Crippen LogP contribution in [0.15, 0.2) is 51.1 Å². The van der Waals surface area contributed by atoms with Gasteiger partial charge in [0.1, 0.15) is 5.58 Å². The van der Waals surface area contributed by atoms with Crippen molar-refractivity contribution in [3.8, 4) is 0 Å². The normalized spacial score (nSPS) is 12.7. The van der Waals surface area contributed by atoms with Crippen LogP contribution in [0.5, 0.6) is 0 Å². The SMILES string of the molecule is Cc1c(S(=O)(=O)c2cccnn2)oc2ccc(C(F)(F)F)cc12. The van der Waals surface area contributed by atoms with Gasteiger partial charge < -0.3 is 4.42 Å². The van der Waals surface area contributed by atoms with Gasteiger partial charge in [0.05, 0.1) is 5.56 Å². The molecule has 0 N–H and O–H groups in total. The molecule has 0 saturated heterocycles. The summed E-state index contributed by atoms with van der Waals surface area (Å²) in [6, 6.07) is 5.42. The van der Waals surface area contributed by atoms with E-state index in [-0.39, 0.29) is 21.6 Å². The van der Waals surface area contributed by atoms with Crippen molar-refractivity contribution in [3.63, 3.8) is 0 Å². The van der Waals surface area contributed by atoms with Gasteiger partial charge in [-0.1, -0.05) is 0 Å². The van der Waals surface area contributed by atoms with E-state index in [9.17, 15) is 21.6 Å². The average Bonchev–Trinajstić information content (AvgIpc) is 2.85. The molecule has 3 aromatic rings. The molecule has 0 aliphatic carbocycles. The molecule has 3 rings (SSSR count). The van der Waals surface area contributed by atoms with Crippen LogP contribution in [-0.4, -0.2) is 18.6 Å². The number of aryl methyl sites for hydroxylation is 1. The topological polar surface area (TPSA) is 73.1 Å². The van der Waals surface area contributed by atoms with E-state index in [1.54, 1.807) is 0 Å². The largest absolute Gasteiger partial charge is 0.444 e. The first-order valence-corrected chi connectivity index (χ1v) is 7.83. The number of halogens is 3. The second kappa shape index (κ2) is 5.05. The third-order valence-electron chi connectivity index (χ3n) is 3.29. The number of hydrogen-bond acceptors (Lipinski definition) is 5. The van der Waals surface area contributed by atoms with E-state index in [1.165, 1.54) is 25.3 Å². The Kier molecular flexibility index (Phi) is 3.40. The summed E-state index contributed by atoms with van der Waals surface area (Å²) in [5.41, 5.74) is -0.730. The van der Waals surface area contributed by atoms with Crippen molar-refractivity contribution in [1.29, 1.82) is 0 Å². The molecule has 0 radical (unpaired) electrons. The van der Waals surface area contributed by atoms with E-state index in [0.29, 0.717) is 0 Å². The molecule has 1 aromatic carbocycles. The number of benzene rings is 1. The van der Waals surface area contributed by atoms with Crippen molar-refractivity contribution < 1.29 is 26.0 Å². The zero-order chi connectivity index (χ0) is 16.8. The minimum atomic E-state index is -4.53. The van der Waals surface area contributed by atoms with Crippen molar-refractivity contribution in [3.05, 3.63) is 47.7 Å². The fourth-order valence-electron chi connectivity index (χ4n) is 2.16. The number of aromatic nitrogens is 2. The summed E-state index contributed by atoms with van der Waals surface area (Å²) in [6.45, 7) is 1.38. The number of nitrogens with zero attached hydrogens (tertiary/aromatic N) is 2. The minimum Gasteiger partial charge on any atom is -0.444 e. The Balaban J connectivity index is 2.22. The molecule has 23 heavy (non-hydrogen) atoms. The van der Waals surface area contributed by atoms with Gasteiger partial charge in [0.25, 0.3) is 9.84 Å². The van der Waals surface area contributed by atoms with Crippen molar-refractivity contribution in [2.24, 2.45) is 0 Å². The summed E-state index contributed by atoms with van der Waals surface area (Å²) in [5.74, 6) is 0. The monoisotopic (exact) mass is 342 g/mol. The Labute approximate surface area is 128 Å². The van der Waals surface area contributed by atoms with Gasteiger partial charge in [0.2, 0.25) is 5.09 Å². The molecule has 0 bridgehead atoms. The third-order valence-corrected chi connectivity index (χ3v) is 4.93. The molecule has 0 fully saturated rings. The summed E-state index contributed by atoms with van der Waals surface area (Å²) in [6.07, 6.45) is -3.22. The van der Waals surface area contributed by atoms with Crippen molar-refractivity contribution in [2.45, 2.75) is 23.2 Å². The van der Waals surface area contributed by atoms with E-state index in [1.807, 2.05) is 0 Å². The first kappa shape index (κ1) is 15.5. The Bertz CT molecular complexity index is 980. The molecule has 0 saturated carbocycles. The summed E-state index contributed by atoms with van der Waals surface area (Å²) in [5, 5.41) is 6.32. The highest BCUT2D eigenvalue weighted by atomic mass is 32.2. The fourth-order valence-corrected chi connectivity index (χ4v) is 3.47. The zero-order valence-corrected chi connectivity index (χ0v) is 12.4. The zero-order valence-electron chi connectivity index (χ0n) is 11.6. The average molecular weight is 342 g/mol. The van der Waals surface area contributed by atoms with Gasteiger partial charge in [-0.05, 0) is 37.3 Å². The molecule has 0 unspecified atom stereocenters. The van der Waals surface area contributed by atoms with Crippen LogP contribution in [0.25, 0.3) is 11.0 Å². The second-order valence-electron chi connectivity index (χ2n) is 4.79. The highest BCUT2D eigenvalue weighted by molar-refractivity contribution is 7.91. The molecule has 2 aromatic heterocycles. The molecule has 120 valence electrons. The number of sulfone groups is 1. The number of fused-ring (bicyclic) bond motifs is 1. The maximum atomic E-state index is 12.8. The minimum absolute atomic E-state index is 0.0537. The lowest BCUT2D eigenvalue weighted by Gasteiger charge is -2.05. The second-order valence-corrected chi connectivity index (χ2v) is 6.58. The maximum absolute atomic E-state index is 12.8. The van der Waals surface area contributed by atoms with Gasteiger partial charge in [-0.2, -0.15) is 18.3 Å². The molecule has 0 spiro atoms. The lowest BCUT2D eigenvalue weighted by atomic mass is 10.1. The van der Waals surface area contributed by atoms with Crippen LogP contribution in [0.2, 0.25) is 0 Å². The van der Waals surface area contributed by atoms with Gasteiger partial charge in [0, 0.05) is 17.1 Å². The van der Waals surface area contributed by atoms with Gasteiger partial charge in [-0.15, -0.1) is 5.10 Å². The third kappa shape index (κ3) is 2.56. The molecule has 0 aliphatic heterocycles. The van der Waals surface area contributed by atoms with Crippen molar-refractivity contribution >= 4 is 20.8 Å². The van der Waals surface area contributed by atoms with Gasteiger partial charge in [-0.25, -0.2) is 8.42 Å². The molecule has 9 heteroatoms. The van der Waals surface area contributed by atoms with Crippen LogP contribution in [0.3, 0.4) is 0 Å². The molecule has 0 amide bonds. The van der Waals surface area contributed by atoms with Gasteiger partial charge >= 0.3 is 6.18 Å². The quantitative estimate of drug-likeness (QED) is 0.714. The lowest BCUT2D eigenvalue weighted by molar-refractivity contribution is -0.137. The Hall–Kier alpha value is -2.42. The summed E-state index contributed by atoms with van der Waals surface area (Å²) < 4.78 is 68.6. The van der Waals surface area contributed by atoms with Crippen molar-refractivity contribution in [2.75, 3.05) is 0 Å². The van der Waals surface area contributed by atoms with Crippen molar-refractivity contribution in [1.82, 2.24) is 10.2 Å². The Morgan fingerprint density at radius 3 is 2.52 bits per heavy atom. The summed E-state index contributed by atoms with van der Waals surface area (Å²) in [4.78, 5) is 0.